The van der Waals surface area contributed by atoms with Crippen molar-refractivity contribution in [3.8, 4) is 0 Å². The number of para-hydroxylation sites is 2. The normalized spacial score (nSPS) is 14.2. The number of hydrogen-bond donors (Lipinski definition) is 1. The Balaban J connectivity index is 0.000000210. The molecule has 1 N–H and O–H groups in total. The van der Waals surface area contributed by atoms with E-state index in [-0.39, 0.29) is 4.90 Å². The van der Waals surface area contributed by atoms with E-state index in [1.807, 2.05) is 19.1 Å². The van der Waals surface area contributed by atoms with Gasteiger partial charge in [0.15, 0.2) is 0 Å². The molecule has 2 heterocycles. The van der Waals surface area contributed by atoms with Gasteiger partial charge in [-0.1, -0.05) is 53.6 Å². The van der Waals surface area contributed by atoms with Gasteiger partial charge in [-0.3, -0.25) is 9.45 Å². The Morgan fingerprint density at radius 3 is 2.21 bits per heavy atom. The molecular formula is C26H28ClN3O3S. The molecule has 5 rings (SSSR count). The fourth-order valence-corrected chi connectivity index (χ4v) is 4.65. The second-order valence-corrected chi connectivity index (χ2v) is 10.4. The van der Waals surface area contributed by atoms with Gasteiger partial charge in [-0.15, -0.1) is 0 Å². The first kappa shape index (κ1) is 24.4. The van der Waals surface area contributed by atoms with Gasteiger partial charge in [-0.25, -0.2) is 4.98 Å². The number of likely N-dealkylation sites (tertiary alicyclic amines) is 1. The van der Waals surface area contributed by atoms with Crippen molar-refractivity contribution < 1.29 is 13.0 Å². The number of imidazole rings is 1. The third kappa shape index (κ3) is 6.24. The predicted molar refractivity (Wildman–Crippen MR) is 136 cm³/mol. The van der Waals surface area contributed by atoms with E-state index in [2.05, 4.69) is 45.9 Å². The Morgan fingerprint density at radius 2 is 1.56 bits per heavy atom. The maximum Gasteiger partial charge on any atom is 0.294 e. The third-order valence-electron chi connectivity index (χ3n) is 5.87. The van der Waals surface area contributed by atoms with Crippen LogP contribution in [0.2, 0.25) is 5.02 Å². The first-order chi connectivity index (χ1) is 16.3. The van der Waals surface area contributed by atoms with Crippen molar-refractivity contribution in [1.82, 2.24) is 14.5 Å². The van der Waals surface area contributed by atoms with E-state index in [0.717, 1.165) is 35.0 Å². The lowest BCUT2D eigenvalue weighted by molar-refractivity contribution is 0.318. The van der Waals surface area contributed by atoms with Crippen LogP contribution in [0.5, 0.6) is 0 Å². The zero-order valence-electron chi connectivity index (χ0n) is 19.1. The number of benzene rings is 3. The van der Waals surface area contributed by atoms with Crippen LogP contribution >= 0.6 is 11.6 Å². The molecule has 4 aromatic rings. The first-order valence-corrected chi connectivity index (χ1v) is 13.1. The molecule has 0 bridgehead atoms. The molecular weight excluding hydrogens is 470 g/mol. The van der Waals surface area contributed by atoms with Crippen molar-refractivity contribution >= 4 is 32.8 Å². The van der Waals surface area contributed by atoms with Gasteiger partial charge >= 0.3 is 0 Å². The Hall–Kier alpha value is -2.71. The summed E-state index contributed by atoms with van der Waals surface area (Å²) in [5, 5.41) is 0.779. The summed E-state index contributed by atoms with van der Waals surface area (Å²) in [5.41, 5.74) is 4.49. The van der Waals surface area contributed by atoms with E-state index < -0.39 is 10.1 Å². The van der Waals surface area contributed by atoms with Crippen LogP contribution in [0.3, 0.4) is 0 Å². The van der Waals surface area contributed by atoms with E-state index in [9.17, 15) is 8.42 Å². The van der Waals surface area contributed by atoms with Crippen LogP contribution in [0.15, 0.2) is 77.7 Å². The number of aromatic nitrogens is 2. The topological polar surface area (TPSA) is 75.4 Å². The highest BCUT2D eigenvalue weighted by Crippen LogP contribution is 2.21. The highest BCUT2D eigenvalue weighted by atomic mass is 35.5. The number of fused-ring (bicyclic) bond motifs is 1. The molecule has 1 fully saturated rings. The minimum atomic E-state index is -4.02. The summed E-state index contributed by atoms with van der Waals surface area (Å²) < 4.78 is 31.9. The second kappa shape index (κ2) is 10.7. The minimum absolute atomic E-state index is 0.0666. The van der Waals surface area contributed by atoms with Crippen molar-refractivity contribution in [2.45, 2.75) is 37.8 Å². The van der Waals surface area contributed by atoms with Crippen LogP contribution in [-0.4, -0.2) is 40.5 Å². The first-order valence-electron chi connectivity index (χ1n) is 11.2. The molecule has 178 valence electrons. The Bertz CT molecular complexity index is 1340. The summed E-state index contributed by atoms with van der Waals surface area (Å²) >= 11 is 6.01. The number of aryl methyl sites for hydroxylation is 1. The SMILES string of the molecule is Cc1ccc(S(=O)(=O)O)cc1.Clc1ccc(Cn2c(CN3CCCC3)nc3ccccc32)cc1. The fraction of sp³-hybridized carbons (Fsp3) is 0.269. The molecule has 0 aliphatic carbocycles. The summed E-state index contributed by atoms with van der Waals surface area (Å²) in [6, 6.07) is 22.5. The fourth-order valence-electron chi connectivity index (χ4n) is 4.05. The molecule has 0 atom stereocenters. The molecule has 1 saturated heterocycles. The molecule has 6 nitrogen and oxygen atoms in total. The largest absolute Gasteiger partial charge is 0.322 e. The van der Waals surface area contributed by atoms with Gasteiger partial charge in [-0.2, -0.15) is 8.42 Å². The number of hydrogen-bond acceptors (Lipinski definition) is 4. The summed E-state index contributed by atoms with van der Waals surface area (Å²) in [5.74, 6) is 1.16. The van der Waals surface area contributed by atoms with E-state index >= 15 is 0 Å². The van der Waals surface area contributed by atoms with E-state index in [1.165, 1.54) is 49.1 Å². The lowest BCUT2D eigenvalue weighted by Crippen LogP contribution is -2.21. The van der Waals surface area contributed by atoms with Crippen LogP contribution in [0.4, 0.5) is 0 Å². The van der Waals surface area contributed by atoms with Crippen molar-refractivity contribution in [2.75, 3.05) is 13.1 Å². The van der Waals surface area contributed by atoms with Crippen LogP contribution in [0.1, 0.15) is 29.8 Å². The molecule has 0 spiro atoms. The summed E-state index contributed by atoms with van der Waals surface area (Å²) in [7, 11) is -4.02. The van der Waals surface area contributed by atoms with Gasteiger partial charge in [-0.05, 0) is 74.8 Å². The monoisotopic (exact) mass is 497 g/mol. The van der Waals surface area contributed by atoms with E-state index in [0.29, 0.717) is 0 Å². The Kier molecular flexibility index (Phi) is 7.68. The van der Waals surface area contributed by atoms with Crippen LogP contribution in [0, 0.1) is 6.92 Å². The molecule has 1 aliphatic heterocycles. The molecule has 3 aromatic carbocycles. The number of halogens is 1. The highest BCUT2D eigenvalue weighted by Gasteiger charge is 2.17. The van der Waals surface area contributed by atoms with Crippen molar-refractivity contribution in [1.29, 1.82) is 0 Å². The van der Waals surface area contributed by atoms with Crippen molar-refractivity contribution in [3.63, 3.8) is 0 Å². The van der Waals surface area contributed by atoms with Crippen LogP contribution < -0.4 is 0 Å². The van der Waals surface area contributed by atoms with Crippen LogP contribution in [-0.2, 0) is 23.2 Å². The van der Waals surface area contributed by atoms with Gasteiger partial charge in [0.1, 0.15) is 5.82 Å². The molecule has 0 unspecified atom stereocenters. The molecule has 1 aliphatic rings. The number of rotatable bonds is 5. The average Bonchev–Trinajstić information content (AvgIpc) is 3.44. The Morgan fingerprint density at radius 1 is 0.912 bits per heavy atom. The predicted octanol–water partition coefficient (Wildman–Crippen LogP) is 5.58. The summed E-state index contributed by atoms with van der Waals surface area (Å²) in [6.45, 7) is 5.98. The molecule has 0 amide bonds. The highest BCUT2D eigenvalue weighted by molar-refractivity contribution is 7.85. The molecule has 34 heavy (non-hydrogen) atoms. The van der Waals surface area contributed by atoms with Crippen molar-refractivity contribution in [3.05, 3.63) is 94.8 Å². The van der Waals surface area contributed by atoms with E-state index in [1.54, 1.807) is 12.1 Å². The zero-order valence-corrected chi connectivity index (χ0v) is 20.6. The quantitative estimate of drug-likeness (QED) is 0.364. The lowest BCUT2D eigenvalue weighted by atomic mass is 10.2. The van der Waals surface area contributed by atoms with Gasteiger partial charge in [0.2, 0.25) is 0 Å². The summed E-state index contributed by atoms with van der Waals surface area (Å²) in [6.07, 6.45) is 2.61. The molecule has 8 heteroatoms. The smallest absolute Gasteiger partial charge is 0.294 e. The standard InChI is InChI=1S/C19H20ClN3.C7H8O3S/c20-16-9-7-15(8-10-16)13-23-18-6-2-1-5-17(18)21-19(23)14-22-11-3-4-12-22;1-6-2-4-7(5-3-6)11(8,9)10/h1-2,5-10H,3-4,11-14H2;2-5H,1H3,(H,8,9,10). The minimum Gasteiger partial charge on any atom is -0.322 e. The van der Waals surface area contributed by atoms with E-state index in [4.69, 9.17) is 21.1 Å². The molecule has 1 aromatic heterocycles. The molecule has 0 saturated carbocycles. The van der Waals surface area contributed by atoms with Gasteiger partial charge in [0.05, 0.1) is 22.5 Å². The summed E-state index contributed by atoms with van der Waals surface area (Å²) in [4.78, 5) is 7.32. The van der Waals surface area contributed by atoms with Gasteiger partial charge < -0.3 is 4.57 Å². The van der Waals surface area contributed by atoms with Crippen LogP contribution in [0.25, 0.3) is 11.0 Å². The second-order valence-electron chi connectivity index (χ2n) is 8.50. The Labute approximate surface area is 205 Å². The maximum absolute atomic E-state index is 10.5. The molecule has 0 radical (unpaired) electrons. The number of nitrogens with zero attached hydrogens (tertiary/aromatic N) is 3. The van der Waals surface area contributed by atoms with Crippen molar-refractivity contribution in [2.24, 2.45) is 0 Å². The zero-order chi connectivity index (χ0) is 24.1. The lowest BCUT2D eigenvalue weighted by Gasteiger charge is -2.16. The third-order valence-corrected chi connectivity index (χ3v) is 6.99. The van der Waals surface area contributed by atoms with Gasteiger partial charge in [0, 0.05) is 11.6 Å². The average molecular weight is 498 g/mol. The van der Waals surface area contributed by atoms with Gasteiger partial charge in [0.25, 0.3) is 10.1 Å². The maximum atomic E-state index is 10.5.